The smallest absolute Gasteiger partial charge is 0.222 e. The minimum atomic E-state index is -0.587. The Labute approximate surface area is 85.9 Å². The molecule has 84 valence electrons. The number of amides is 1. The van der Waals surface area contributed by atoms with E-state index in [2.05, 4.69) is 0 Å². The number of carbonyl (C=O) groups excluding carboxylic acids is 1. The molecule has 1 unspecified atom stereocenters. The number of carbonyl (C=O) groups is 1. The standard InChI is InChI=1S/C10H21NO3/c1-4-5-6-10(13)11(2)7-9(12)8-14-3/h9,12H,4-8H2,1-3H3. The summed E-state index contributed by atoms with van der Waals surface area (Å²) in [5.74, 6) is 0.0852. The first kappa shape index (κ1) is 13.4. The summed E-state index contributed by atoms with van der Waals surface area (Å²) in [5, 5.41) is 9.38. The monoisotopic (exact) mass is 203 g/mol. The van der Waals surface area contributed by atoms with Crippen molar-refractivity contribution in [3.05, 3.63) is 0 Å². The average Bonchev–Trinajstić information content (AvgIpc) is 2.14. The maximum Gasteiger partial charge on any atom is 0.222 e. The number of aliphatic hydroxyl groups excluding tert-OH is 1. The molecule has 0 spiro atoms. The lowest BCUT2D eigenvalue weighted by molar-refractivity contribution is -0.131. The molecule has 0 aromatic carbocycles. The van der Waals surface area contributed by atoms with Crippen molar-refractivity contribution in [2.75, 3.05) is 27.3 Å². The fraction of sp³-hybridized carbons (Fsp3) is 0.900. The van der Waals surface area contributed by atoms with E-state index in [4.69, 9.17) is 4.74 Å². The third-order valence-corrected chi connectivity index (χ3v) is 2.01. The highest BCUT2D eigenvalue weighted by Gasteiger charge is 2.12. The molecule has 0 aliphatic rings. The molecule has 0 saturated heterocycles. The predicted octanol–water partition coefficient (Wildman–Crippen LogP) is 0.642. The highest BCUT2D eigenvalue weighted by Crippen LogP contribution is 1.99. The van der Waals surface area contributed by atoms with Crippen molar-refractivity contribution in [3.8, 4) is 0 Å². The maximum absolute atomic E-state index is 11.4. The number of rotatable bonds is 7. The van der Waals surface area contributed by atoms with Gasteiger partial charge in [0.15, 0.2) is 0 Å². The van der Waals surface area contributed by atoms with Crippen LogP contribution in [0.4, 0.5) is 0 Å². The summed E-state index contributed by atoms with van der Waals surface area (Å²) in [6.07, 6.45) is 1.90. The summed E-state index contributed by atoms with van der Waals surface area (Å²) in [5.41, 5.74) is 0. The van der Waals surface area contributed by atoms with Gasteiger partial charge in [-0.05, 0) is 6.42 Å². The Kier molecular flexibility index (Phi) is 7.42. The lowest BCUT2D eigenvalue weighted by Crippen LogP contribution is -2.36. The van der Waals surface area contributed by atoms with Crippen LogP contribution in [0.2, 0.25) is 0 Å². The Morgan fingerprint density at radius 1 is 1.57 bits per heavy atom. The van der Waals surface area contributed by atoms with Gasteiger partial charge >= 0.3 is 0 Å². The summed E-state index contributed by atoms with van der Waals surface area (Å²) >= 11 is 0. The number of hydrogen-bond acceptors (Lipinski definition) is 3. The zero-order chi connectivity index (χ0) is 11.0. The van der Waals surface area contributed by atoms with Crippen molar-refractivity contribution >= 4 is 5.91 Å². The molecule has 0 aromatic rings. The molecular formula is C10H21NO3. The van der Waals surface area contributed by atoms with Crippen molar-refractivity contribution in [3.63, 3.8) is 0 Å². The number of hydrogen-bond donors (Lipinski definition) is 1. The largest absolute Gasteiger partial charge is 0.389 e. The van der Waals surface area contributed by atoms with Crippen LogP contribution in [0.15, 0.2) is 0 Å². The number of ether oxygens (including phenoxy) is 1. The number of aliphatic hydroxyl groups is 1. The molecule has 0 aromatic heterocycles. The van der Waals surface area contributed by atoms with Gasteiger partial charge < -0.3 is 14.7 Å². The van der Waals surface area contributed by atoms with Crippen molar-refractivity contribution in [1.82, 2.24) is 4.90 Å². The van der Waals surface area contributed by atoms with Crippen LogP contribution in [0.5, 0.6) is 0 Å². The minimum absolute atomic E-state index is 0.0852. The Morgan fingerprint density at radius 2 is 2.21 bits per heavy atom. The van der Waals surface area contributed by atoms with Crippen molar-refractivity contribution < 1.29 is 14.6 Å². The lowest BCUT2D eigenvalue weighted by atomic mass is 10.2. The van der Waals surface area contributed by atoms with Crippen LogP contribution in [-0.4, -0.2) is 49.3 Å². The summed E-state index contributed by atoms with van der Waals surface area (Å²) < 4.78 is 4.78. The molecule has 1 atom stereocenters. The summed E-state index contributed by atoms with van der Waals surface area (Å²) in [6, 6.07) is 0. The first-order valence-electron chi connectivity index (χ1n) is 5.02. The zero-order valence-corrected chi connectivity index (χ0v) is 9.32. The first-order chi connectivity index (χ1) is 6.61. The van der Waals surface area contributed by atoms with Crippen LogP contribution in [0.25, 0.3) is 0 Å². The maximum atomic E-state index is 11.4. The van der Waals surface area contributed by atoms with Gasteiger partial charge in [-0.15, -0.1) is 0 Å². The van der Waals surface area contributed by atoms with E-state index in [-0.39, 0.29) is 12.5 Å². The fourth-order valence-electron chi connectivity index (χ4n) is 1.18. The summed E-state index contributed by atoms with van der Waals surface area (Å²) in [4.78, 5) is 13.0. The molecule has 0 bridgehead atoms. The second-order valence-electron chi connectivity index (χ2n) is 3.49. The molecule has 0 saturated carbocycles. The van der Waals surface area contributed by atoms with Gasteiger partial charge in [0.05, 0.1) is 12.7 Å². The van der Waals surface area contributed by atoms with E-state index in [1.54, 1.807) is 11.9 Å². The molecule has 0 rings (SSSR count). The molecule has 0 aliphatic carbocycles. The molecule has 4 heteroatoms. The van der Waals surface area contributed by atoms with Gasteiger partial charge in [-0.2, -0.15) is 0 Å². The van der Waals surface area contributed by atoms with Crippen LogP contribution >= 0.6 is 0 Å². The average molecular weight is 203 g/mol. The highest BCUT2D eigenvalue weighted by molar-refractivity contribution is 5.75. The van der Waals surface area contributed by atoms with Gasteiger partial charge in [0.1, 0.15) is 0 Å². The Hall–Kier alpha value is -0.610. The van der Waals surface area contributed by atoms with E-state index in [0.717, 1.165) is 12.8 Å². The third-order valence-electron chi connectivity index (χ3n) is 2.01. The van der Waals surface area contributed by atoms with E-state index >= 15 is 0 Å². The molecule has 1 N–H and O–H groups in total. The van der Waals surface area contributed by atoms with Crippen LogP contribution in [0.1, 0.15) is 26.2 Å². The lowest BCUT2D eigenvalue weighted by Gasteiger charge is -2.20. The van der Waals surface area contributed by atoms with Crippen LogP contribution in [0.3, 0.4) is 0 Å². The van der Waals surface area contributed by atoms with Gasteiger partial charge in [-0.1, -0.05) is 13.3 Å². The summed E-state index contributed by atoms with van der Waals surface area (Å²) in [6.45, 7) is 2.66. The Bertz CT molecular complexity index is 161. The highest BCUT2D eigenvalue weighted by atomic mass is 16.5. The van der Waals surface area contributed by atoms with Crippen LogP contribution in [-0.2, 0) is 9.53 Å². The molecule has 0 radical (unpaired) electrons. The topological polar surface area (TPSA) is 49.8 Å². The second-order valence-corrected chi connectivity index (χ2v) is 3.49. The minimum Gasteiger partial charge on any atom is -0.389 e. The molecule has 0 heterocycles. The van der Waals surface area contributed by atoms with E-state index in [0.29, 0.717) is 13.0 Å². The number of nitrogens with zero attached hydrogens (tertiary/aromatic N) is 1. The van der Waals surface area contributed by atoms with Gasteiger partial charge in [0.25, 0.3) is 0 Å². The SMILES string of the molecule is CCCCC(=O)N(C)CC(O)COC. The van der Waals surface area contributed by atoms with Gasteiger partial charge in [-0.25, -0.2) is 0 Å². The molecule has 4 nitrogen and oxygen atoms in total. The van der Waals surface area contributed by atoms with Crippen LogP contribution < -0.4 is 0 Å². The van der Waals surface area contributed by atoms with Crippen molar-refractivity contribution in [1.29, 1.82) is 0 Å². The number of methoxy groups -OCH3 is 1. The van der Waals surface area contributed by atoms with E-state index in [9.17, 15) is 9.90 Å². The van der Waals surface area contributed by atoms with Crippen LogP contribution in [0, 0.1) is 0 Å². The van der Waals surface area contributed by atoms with E-state index in [1.807, 2.05) is 6.92 Å². The normalized spacial score (nSPS) is 12.6. The van der Waals surface area contributed by atoms with Crippen molar-refractivity contribution in [2.24, 2.45) is 0 Å². The molecule has 1 amide bonds. The summed E-state index contributed by atoms with van der Waals surface area (Å²) in [7, 11) is 3.24. The Morgan fingerprint density at radius 3 is 2.71 bits per heavy atom. The van der Waals surface area contributed by atoms with Gasteiger partial charge in [0, 0.05) is 27.1 Å². The fourth-order valence-corrected chi connectivity index (χ4v) is 1.18. The van der Waals surface area contributed by atoms with Gasteiger partial charge in [-0.3, -0.25) is 4.79 Å². The predicted molar refractivity (Wildman–Crippen MR) is 55.0 cm³/mol. The van der Waals surface area contributed by atoms with E-state index in [1.165, 1.54) is 7.11 Å². The second kappa shape index (κ2) is 7.76. The molecule has 0 aliphatic heterocycles. The quantitative estimate of drug-likeness (QED) is 0.660. The van der Waals surface area contributed by atoms with E-state index < -0.39 is 6.10 Å². The third kappa shape index (κ3) is 5.94. The molecule has 0 fully saturated rings. The Balaban J connectivity index is 3.70. The zero-order valence-electron chi connectivity index (χ0n) is 9.32. The molecule has 14 heavy (non-hydrogen) atoms. The first-order valence-corrected chi connectivity index (χ1v) is 5.02. The van der Waals surface area contributed by atoms with Gasteiger partial charge in [0.2, 0.25) is 5.91 Å². The molecular weight excluding hydrogens is 182 g/mol. The van der Waals surface area contributed by atoms with Crippen molar-refractivity contribution in [2.45, 2.75) is 32.3 Å². The number of likely N-dealkylation sites (N-methyl/N-ethyl adjacent to an activating group) is 1. The number of unbranched alkanes of at least 4 members (excludes halogenated alkanes) is 1.